The van der Waals surface area contributed by atoms with Crippen LogP contribution in [0.5, 0.6) is 5.75 Å². The molecule has 3 aromatic rings. The van der Waals surface area contributed by atoms with Crippen LogP contribution in [-0.2, 0) is 0 Å². The van der Waals surface area contributed by atoms with Crippen molar-refractivity contribution in [3.63, 3.8) is 0 Å². The minimum absolute atomic E-state index is 0.188. The third kappa shape index (κ3) is 2.04. The molecule has 0 spiro atoms. The van der Waals surface area contributed by atoms with Crippen LogP contribution < -0.4 is 10.4 Å². The third-order valence-corrected chi connectivity index (χ3v) is 3.25. The topological polar surface area (TPSA) is 52.3 Å². The van der Waals surface area contributed by atoms with Crippen LogP contribution in [0.3, 0.4) is 0 Å². The van der Waals surface area contributed by atoms with E-state index in [2.05, 4.69) is 4.98 Å². The molecule has 0 amide bonds. The van der Waals surface area contributed by atoms with E-state index in [0.29, 0.717) is 27.2 Å². The second-order valence-electron chi connectivity index (χ2n) is 4.14. The Labute approximate surface area is 119 Å². The molecule has 4 nitrogen and oxygen atoms in total. The first-order valence-electron chi connectivity index (χ1n) is 5.93. The van der Waals surface area contributed by atoms with Crippen molar-refractivity contribution in [1.29, 1.82) is 0 Å². The molecule has 0 radical (unpaired) electrons. The lowest BCUT2D eigenvalue weighted by Gasteiger charge is -2.07. The summed E-state index contributed by atoms with van der Waals surface area (Å²) in [6.45, 7) is 0. The highest BCUT2D eigenvalue weighted by molar-refractivity contribution is 6.35. The first kappa shape index (κ1) is 12.7. The molecule has 0 atom stereocenters. The predicted molar refractivity (Wildman–Crippen MR) is 77.3 cm³/mol. The first-order valence-corrected chi connectivity index (χ1v) is 6.31. The van der Waals surface area contributed by atoms with Gasteiger partial charge in [0.25, 0.3) is 0 Å². The lowest BCUT2D eigenvalue weighted by atomic mass is 10.2. The number of halogens is 1. The fourth-order valence-corrected chi connectivity index (χ4v) is 2.21. The van der Waals surface area contributed by atoms with Crippen LogP contribution in [-0.4, -0.2) is 12.1 Å². The molecule has 0 saturated heterocycles. The van der Waals surface area contributed by atoms with E-state index in [4.69, 9.17) is 20.8 Å². The number of aromatic nitrogens is 1. The molecule has 1 aromatic heterocycles. The molecular formula is C15H10ClNO3. The molecule has 100 valence electrons. The SMILES string of the molecule is COc1ccccc1-c1nc2c(Cl)cccc2c(=O)o1. The van der Waals surface area contributed by atoms with Gasteiger partial charge in [0.2, 0.25) is 5.89 Å². The Kier molecular flexibility index (Phi) is 3.16. The highest BCUT2D eigenvalue weighted by Crippen LogP contribution is 2.29. The number of nitrogens with zero attached hydrogens (tertiary/aromatic N) is 1. The number of methoxy groups -OCH3 is 1. The van der Waals surface area contributed by atoms with E-state index >= 15 is 0 Å². The van der Waals surface area contributed by atoms with E-state index in [1.54, 1.807) is 37.4 Å². The van der Waals surface area contributed by atoms with Crippen molar-refractivity contribution in [3.05, 3.63) is 57.9 Å². The van der Waals surface area contributed by atoms with Crippen molar-refractivity contribution in [2.24, 2.45) is 0 Å². The lowest BCUT2D eigenvalue weighted by Crippen LogP contribution is -2.03. The number of rotatable bonds is 2. The van der Waals surface area contributed by atoms with Gasteiger partial charge >= 0.3 is 5.63 Å². The Morgan fingerprint density at radius 3 is 2.75 bits per heavy atom. The minimum Gasteiger partial charge on any atom is -0.496 e. The average Bonchev–Trinajstić information content (AvgIpc) is 2.48. The molecule has 0 bridgehead atoms. The summed E-state index contributed by atoms with van der Waals surface area (Å²) < 4.78 is 10.5. The van der Waals surface area contributed by atoms with E-state index in [9.17, 15) is 4.79 Å². The number of para-hydroxylation sites is 2. The molecule has 0 fully saturated rings. The average molecular weight is 288 g/mol. The summed E-state index contributed by atoms with van der Waals surface area (Å²) in [5.41, 5.74) is 0.554. The molecule has 3 rings (SSSR count). The maximum Gasteiger partial charge on any atom is 0.347 e. The van der Waals surface area contributed by atoms with Crippen LogP contribution in [0.15, 0.2) is 51.7 Å². The Hall–Kier alpha value is -2.33. The van der Waals surface area contributed by atoms with Crippen LogP contribution in [0.25, 0.3) is 22.4 Å². The van der Waals surface area contributed by atoms with Gasteiger partial charge in [-0.3, -0.25) is 0 Å². The molecule has 0 N–H and O–H groups in total. The Morgan fingerprint density at radius 1 is 1.15 bits per heavy atom. The maximum atomic E-state index is 12.0. The third-order valence-electron chi connectivity index (χ3n) is 2.95. The zero-order chi connectivity index (χ0) is 14.1. The normalized spacial score (nSPS) is 10.7. The number of hydrogen-bond acceptors (Lipinski definition) is 4. The molecule has 2 aromatic carbocycles. The van der Waals surface area contributed by atoms with Gasteiger partial charge in [-0.05, 0) is 24.3 Å². The summed E-state index contributed by atoms with van der Waals surface area (Å²) >= 11 is 6.09. The van der Waals surface area contributed by atoms with E-state index in [-0.39, 0.29) is 5.89 Å². The summed E-state index contributed by atoms with van der Waals surface area (Å²) in [6.07, 6.45) is 0. The van der Waals surface area contributed by atoms with Crippen LogP contribution in [0, 0.1) is 0 Å². The number of ether oxygens (including phenoxy) is 1. The fourth-order valence-electron chi connectivity index (χ4n) is 2.00. The fraction of sp³-hybridized carbons (Fsp3) is 0.0667. The summed E-state index contributed by atoms with van der Waals surface area (Å²) in [5, 5.41) is 0.766. The summed E-state index contributed by atoms with van der Waals surface area (Å²) in [7, 11) is 1.55. The van der Waals surface area contributed by atoms with Gasteiger partial charge in [-0.25, -0.2) is 9.78 Å². The zero-order valence-electron chi connectivity index (χ0n) is 10.6. The van der Waals surface area contributed by atoms with Gasteiger partial charge in [-0.1, -0.05) is 29.8 Å². The van der Waals surface area contributed by atoms with E-state index in [0.717, 1.165) is 0 Å². The van der Waals surface area contributed by atoms with Crippen molar-refractivity contribution < 1.29 is 9.15 Å². The molecule has 0 aliphatic heterocycles. The summed E-state index contributed by atoms with van der Waals surface area (Å²) in [6, 6.07) is 12.2. The summed E-state index contributed by atoms with van der Waals surface area (Å²) in [4.78, 5) is 16.4. The van der Waals surface area contributed by atoms with Gasteiger partial charge in [-0.15, -0.1) is 0 Å². The lowest BCUT2D eigenvalue weighted by molar-refractivity contribution is 0.413. The van der Waals surface area contributed by atoms with Gasteiger partial charge in [0.1, 0.15) is 11.3 Å². The maximum absolute atomic E-state index is 12.0. The second kappa shape index (κ2) is 4.98. The van der Waals surface area contributed by atoms with Crippen molar-refractivity contribution >= 4 is 22.5 Å². The largest absolute Gasteiger partial charge is 0.496 e. The minimum atomic E-state index is -0.474. The van der Waals surface area contributed by atoms with E-state index in [1.807, 2.05) is 12.1 Å². The van der Waals surface area contributed by atoms with Gasteiger partial charge in [0, 0.05) is 0 Å². The second-order valence-corrected chi connectivity index (χ2v) is 4.55. The van der Waals surface area contributed by atoms with Crippen LogP contribution in [0.4, 0.5) is 0 Å². The standard InChI is InChI=1S/C15H10ClNO3/c1-19-12-8-3-2-5-9(12)14-17-13-10(15(18)20-14)6-4-7-11(13)16/h2-8H,1H3. The molecule has 0 unspecified atom stereocenters. The monoisotopic (exact) mass is 287 g/mol. The van der Waals surface area contributed by atoms with Crippen molar-refractivity contribution in [2.45, 2.75) is 0 Å². The molecule has 0 aliphatic carbocycles. The van der Waals surface area contributed by atoms with Gasteiger partial charge in [0.05, 0.1) is 23.1 Å². The first-order chi connectivity index (χ1) is 9.70. The Bertz CT molecular complexity index is 842. The van der Waals surface area contributed by atoms with Crippen molar-refractivity contribution in [1.82, 2.24) is 4.98 Å². The van der Waals surface area contributed by atoms with Crippen LogP contribution in [0.2, 0.25) is 5.02 Å². The molecule has 0 saturated carbocycles. The highest BCUT2D eigenvalue weighted by Gasteiger charge is 2.13. The predicted octanol–water partition coefficient (Wildman–Crippen LogP) is 3.52. The van der Waals surface area contributed by atoms with Gasteiger partial charge in [0.15, 0.2) is 0 Å². The number of fused-ring (bicyclic) bond motifs is 1. The number of benzene rings is 2. The van der Waals surface area contributed by atoms with Crippen molar-refractivity contribution in [2.75, 3.05) is 7.11 Å². The molecule has 1 heterocycles. The van der Waals surface area contributed by atoms with Gasteiger partial charge in [-0.2, -0.15) is 0 Å². The Morgan fingerprint density at radius 2 is 1.95 bits per heavy atom. The van der Waals surface area contributed by atoms with Crippen LogP contribution >= 0.6 is 11.6 Å². The summed E-state index contributed by atoms with van der Waals surface area (Å²) in [5.74, 6) is 0.766. The van der Waals surface area contributed by atoms with Crippen LogP contribution in [0.1, 0.15) is 0 Å². The molecule has 5 heteroatoms. The smallest absolute Gasteiger partial charge is 0.347 e. The van der Waals surface area contributed by atoms with Crippen molar-refractivity contribution in [3.8, 4) is 17.2 Å². The molecular weight excluding hydrogens is 278 g/mol. The molecule has 0 aliphatic rings. The molecule has 20 heavy (non-hydrogen) atoms. The highest BCUT2D eigenvalue weighted by atomic mass is 35.5. The quantitative estimate of drug-likeness (QED) is 0.724. The van der Waals surface area contributed by atoms with Gasteiger partial charge < -0.3 is 9.15 Å². The zero-order valence-corrected chi connectivity index (χ0v) is 11.3. The Balaban J connectivity index is 2.33. The number of hydrogen-bond donors (Lipinski definition) is 0. The van der Waals surface area contributed by atoms with E-state index < -0.39 is 5.63 Å². The van der Waals surface area contributed by atoms with E-state index in [1.165, 1.54) is 0 Å².